The van der Waals surface area contributed by atoms with E-state index < -0.39 is 0 Å². The Balaban J connectivity index is 2.01. The standard InChI is InChI=1S/C14H17BrN4/c1-9-8-19(5-3-11(9)16)13-2-4-17-12-6-10(15)7-18-14(12)13/h2,4,6-7,9,11H,3,5,8,16H2,1H3. The molecule has 2 aromatic heterocycles. The molecule has 0 radical (unpaired) electrons. The number of pyridine rings is 2. The van der Waals surface area contributed by atoms with Gasteiger partial charge < -0.3 is 10.6 Å². The van der Waals surface area contributed by atoms with Gasteiger partial charge in [-0.05, 0) is 40.4 Å². The largest absolute Gasteiger partial charge is 0.369 e. The number of hydrogen-bond acceptors (Lipinski definition) is 4. The quantitative estimate of drug-likeness (QED) is 0.877. The van der Waals surface area contributed by atoms with E-state index in [2.05, 4.69) is 37.7 Å². The first-order valence-corrected chi connectivity index (χ1v) is 7.35. The van der Waals surface area contributed by atoms with E-state index in [4.69, 9.17) is 5.73 Å². The van der Waals surface area contributed by atoms with E-state index in [1.807, 2.05) is 24.5 Å². The van der Waals surface area contributed by atoms with Gasteiger partial charge in [0.15, 0.2) is 0 Å². The fourth-order valence-electron chi connectivity index (χ4n) is 2.63. The molecule has 2 N–H and O–H groups in total. The van der Waals surface area contributed by atoms with Crippen molar-refractivity contribution in [1.29, 1.82) is 0 Å². The van der Waals surface area contributed by atoms with Crippen LogP contribution in [-0.4, -0.2) is 29.1 Å². The monoisotopic (exact) mass is 320 g/mol. The van der Waals surface area contributed by atoms with Crippen molar-refractivity contribution in [2.24, 2.45) is 11.7 Å². The van der Waals surface area contributed by atoms with Crippen LogP contribution >= 0.6 is 15.9 Å². The summed E-state index contributed by atoms with van der Waals surface area (Å²) in [6.07, 6.45) is 4.71. The third-order valence-corrected chi connectivity index (χ3v) is 4.27. The van der Waals surface area contributed by atoms with Crippen molar-refractivity contribution in [3.63, 3.8) is 0 Å². The van der Waals surface area contributed by atoms with Gasteiger partial charge >= 0.3 is 0 Å². The number of aromatic nitrogens is 2. The second kappa shape index (κ2) is 5.06. The fraction of sp³-hybridized carbons (Fsp3) is 0.429. The Hall–Kier alpha value is -1.20. The van der Waals surface area contributed by atoms with Crippen LogP contribution in [0, 0.1) is 5.92 Å². The Morgan fingerprint density at radius 1 is 1.42 bits per heavy atom. The predicted octanol–water partition coefficient (Wildman–Crippen LogP) is 2.57. The van der Waals surface area contributed by atoms with Crippen LogP contribution < -0.4 is 10.6 Å². The SMILES string of the molecule is CC1CN(c2ccnc3cc(Br)cnc23)CCC1N. The molecular weight excluding hydrogens is 304 g/mol. The molecule has 2 aromatic rings. The van der Waals surface area contributed by atoms with Gasteiger partial charge in [0, 0.05) is 36.0 Å². The first-order chi connectivity index (χ1) is 9.15. The highest BCUT2D eigenvalue weighted by Gasteiger charge is 2.24. The summed E-state index contributed by atoms with van der Waals surface area (Å²) in [5.41, 5.74) is 9.14. The smallest absolute Gasteiger partial charge is 0.112 e. The average molecular weight is 321 g/mol. The van der Waals surface area contributed by atoms with E-state index in [1.165, 1.54) is 0 Å². The second-order valence-corrected chi connectivity index (χ2v) is 6.14. The molecule has 0 bridgehead atoms. The van der Waals surface area contributed by atoms with Gasteiger partial charge in [-0.15, -0.1) is 0 Å². The maximum atomic E-state index is 6.09. The van der Waals surface area contributed by atoms with Crippen LogP contribution in [0.3, 0.4) is 0 Å². The fourth-order valence-corrected chi connectivity index (χ4v) is 2.95. The lowest BCUT2D eigenvalue weighted by molar-refractivity contribution is 0.383. The van der Waals surface area contributed by atoms with Crippen molar-refractivity contribution < 1.29 is 0 Å². The summed E-state index contributed by atoms with van der Waals surface area (Å²) >= 11 is 3.44. The van der Waals surface area contributed by atoms with Gasteiger partial charge in [-0.2, -0.15) is 0 Å². The van der Waals surface area contributed by atoms with Crippen LogP contribution in [0.2, 0.25) is 0 Å². The number of rotatable bonds is 1. The van der Waals surface area contributed by atoms with Crippen LogP contribution in [0.4, 0.5) is 5.69 Å². The van der Waals surface area contributed by atoms with Crippen molar-refractivity contribution in [3.05, 3.63) is 29.0 Å². The van der Waals surface area contributed by atoms with E-state index in [9.17, 15) is 0 Å². The number of halogens is 1. The lowest BCUT2D eigenvalue weighted by Gasteiger charge is -2.36. The first-order valence-electron chi connectivity index (χ1n) is 6.56. The van der Waals surface area contributed by atoms with Gasteiger partial charge in [-0.25, -0.2) is 0 Å². The summed E-state index contributed by atoms with van der Waals surface area (Å²) in [4.78, 5) is 11.3. The van der Waals surface area contributed by atoms with Crippen LogP contribution in [0.15, 0.2) is 29.0 Å². The normalized spacial score (nSPS) is 23.8. The Kier molecular flexibility index (Phi) is 3.41. The highest BCUT2D eigenvalue weighted by molar-refractivity contribution is 9.10. The van der Waals surface area contributed by atoms with E-state index in [-0.39, 0.29) is 0 Å². The van der Waals surface area contributed by atoms with Gasteiger partial charge in [0.25, 0.3) is 0 Å². The summed E-state index contributed by atoms with van der Waals surface area (Å²) < 4.78 is 0.957. The molecule has 0 aromatic carbocycles. The van der Waals surface area contributed by atoms with Crippen molar-refractivity contribution in [2.45, 2.75) is 19.4 Å². The number of nitrogens with two attached hydrogens (primary N) is 1. The third kappa shape index (κ3) is 2.44. The van der Waals surface area contributed by atoms with Crippen molar-refractivity contribution in [1.82, 2.24) is 9.97 Å². The van der Waals surface area contributed by atoms with Crippen molar-refractivity contribution >= 4 is 32.7 Å². The molecule has 3 rings (SSSR count). The Morgan fingerprint density at radius 2 is 2.26 bits per heavy atom. The van der Waals surface area contributed by atoms with Gasteiger partial charge in [0.05, 0.1) is 11.2 Å². The number of hydrogen-bond donors (Lipinski definition) is 1. The minimum atomic E-state index is 0.312. The summed E-state index contributed by atoms with van der Waals surface area (Å²) in [5, 5.41) is 0. The molecule has 1 aliphatic rings. The lowest BCUT2D eigenvalue weighted by atomic mass is 9.94. The second-order valence-electron chi connectivity index (χ2n) is 5.23. The average Bonchev–Trinajstić information content (AvgIpc) is 2.41. The molecule has 5 heteroatoms. The van der Waals surface area contributed by atoms with E-state index >= 15 is 0 Å². The van der Waals surface area contributed by atoms with E-state index in [0.717, 1.165) is 40.7 Å². The molecule has 1 saturated heterocycles. The summed E-state index contributed by atoms with van der Waals surface area (Å²) in [5.74, 6) is 0.507. The first kappa shape index (κ1) is 12.8. The maximum absolute atomic E-state index is 6.09. The summed E-state index contributed by atoms with van der Waals surface area (Å²) in [6, 6.07) is 4.36. The maximum Gasteiger partial charge on any atom is 0.112 e. The molecule has 1 aliphatic heterocycles. The lowest BCUT2D eigenvalue weighted by Crippen LogP contribution is -2.46. The molecule has 1 fully saturated rings. The third-order valence-electron chi connectivity index (χ3n) is 3.84. The van der Waals surface area contributed by atoms with Crippen LogP contribution in [0.1, 0.15) is 13.3 Å². The highest BCUT2D eigenvalue weighted by Crippen LogP contribution is 2.28. The molecule has 2 unspecified atom stereocenters. The zero-order valence-corrected chi connectivity index (χ0v) is 12.5. The minimum absolute atomic E-state index is 0.312. The van der Waals surface area contributed by atoms with Crippen LogP contribution in [0.25, 0.3) is 11.0 Å². The predicted molar refractivity (Wildman–Crippen MR) is 81.2 cm³/mol. The molecule has 0 saturated carbocycles. The number of nitrogens with zero attached hydrogens (tertiary/aromatic N) is 3. The van der Waals surface area contributed by atoms with E-state index in [1.54, 1.807) is 0 Å². The Bertz CT molecular complexity index is 601. The zero-order valence-electron chi connectivity index (χ0n) is 10.9. The van der Waals surface area contributed by atoms with Gasteiger partial charge in [-0.3, -0.25) is 9.97 Å². The number of piperidine rings is 1. The van der Waals surface area contributed by atoms with E-state index in [0.29, 0.717) is 12.0 Å². The van der Waals surface area contributed by atoms with Crippen molar-refractivity contribution in [2.75, 3.05) is 18.0 Å². The van der Waals surface area contributed by atoms with Crippen LogP contribution in [0.5, 0.6) is 0 Å². The Labute approximate surface area is 121 Å². The molecule has 100 valence electrons. The van der Waals surface area contributed by atoms with Crippen molar-refractivity contribution in [3.8, 4) is 0 Å². The summed E-state index contributed by atoms with van der Waals surface area (Å²) in [6.45, 7) is 4.19. The molecule has 0 aliphatic carbocycles. The summed E-state index contributed by atoms with van der Waals surface area (Å²) in [7, 11) is 0. The molecule has 19 heavy (non-hydrogen) atoms. The molecule has 2 atom stereocenters. The highest BCUT2D eigenvalue weighted by atomic mass is 79.9. The molecule has 0 spiro atoms. The molecular formula is C14H17BrN4. The number of fused-ring (bicyclic) bond motifs is 1. The molecule has 4 nitrogen and oxygen atoms in total. The van der Waals surface area contributed by atoms with Gasteiger partial charge in [0.2, 0.25) is 0 Å². The minimum Gasteiger partial charge on any atom is -0.369 e. The topological polar surface area (TPSA) is 55.0 Å². The Morgan fingerprint density at radius 3 is 3.05 bits per heavy atom. The van der Waals surface area contributed by atoms with Crippen LogP contribution in [-0.2, 0) is 0 Å². The zero-order chi connectivity index (χ0) is 13.4. The number of anilines is 1. The molecule has 0 amide bonds. The van der Waals surface area contributed by atoms with Gasteiger partial charge in [-0.1, -0.05) is 6.92 Å². The van der Waals surface area contributed by atoms with Gasteiger partial charge in [0.1, 0.15) is 5.52 Å². The molecule has 3 heterocycles.